The number of thiazole rings is 1. The van der Waals surface area contributed by atoms with Crippen molar-refractivity contribution >= 4 is 11.3 Å². The fraction of sp³-hybridized carbons (Fsp3) is 0.786. The lowest BCUT2D eigenvalue weighted by Crippen LogP contribution is -2.41. The minimum atomic E-state index is 0.0240. The van der Waals surface area contributed by atoms with E-state index in [1.165, 1.54) is 37.0 Å². The molecule has 0 radical (unpaired) electrons. The summed E-state index contributed by atoms with van der Waals surface area (Å²) in [6, 6.07) is 0. The zero-order valence-corrected chi connectivity index (χ0v) is 11.8. The maximum Gasteiger partial charge on any atom is 0.0794 e. The van der Waals surface area contributed by atoms with Crippen LogP contribution in [0.25, 0.3) is 0 Å². The van der Waals surface area contributed by atoms with Gasteiger partial charge in [0.25, 0.3) is 0 Å². The van der Waals surface area contributed by atoms with Gasteiger partial charge in [-0.3, -0.25) is 4.98 Å². The first-order chi connectivity index (χ1) is 8.09. The average molecular weight is 252 g/mol. The molecule has 2 rings (SSSR count). The van der Waals surface area contributed by atoms with Crippen molar-refractivity contribution in [2.45, 2.75) is 57.9 Å². The highest BCUT2D eigenvalue weighted by Gasteiger charge is 2.30. The summed E-state index contributed by atoms with van der Waals surface area (Å²) in [5.74, 6) is 1.68. The molecule has 1 fully saturated rings. The van der Waals surface area contributed by atoms with Crippen LogP contribution in [0.3, 0.4) is 0 Å². The number of hydrogen-bond acceptors (Lipinski definition) is 3. The maximum atomic E-state index is 6.59. The standard InChI is InChI=1S/C14H24N2S/c1-11(2)12-4-3-6-14(15,7-5-12)8-13-9-16-10-17-13/h9-12H,3-8,15H2,1-2H3. The molecule has 0 amide bonds. The number of rotatable bonds is 3. The number of hydrogen-bond donors (Lipinski definition) is 1. The van der Waals surface area contributed by atoms with Crippen LogP contribution in [-0.2, 0) is 6.42 Å². The van der Waals surface area contributed by atoms with E-state index in [9.17, 15) is 0 Å². The van der Waals surface area contributed by atoms with Crippen LogP contribution in [-0.4, -0.2) is 10.5 Å². The molecule has 1 aliphatic rings. The Balaban J connectivity index is 1.96. The van der Waals surface area contributed by atoms with Gasteiger partial charge in [-0.25, -0.2) is 0 Å². The molecule has 2 nitrogen and oxygen atoms in total. The van der Waals surface area contributed by atoms with Crippen molar-refractivity contribution < 1.29 is 0 Å². The van der Waals surface area contributed by atoms with Crippen LogP contribution < -0.4 is 5.73 Å². The van der Waals surface area contributed by atoms with Crippen LogP contribution in [0.2, 0.25) is 0 Å². The van der Waals surface area contributed by atoms with E-state index < -0.39 is 0 Å². The molecule has 0 spiro atoms. The Kier molecular flexibility index (Phi) is 4.21. The Morgan fingerprint density at radius 3 is 2.94 bits per heavy atom. The SMILES string of the molecule is CC(C)C1CCCC(N)(Cc2cncs2)CC1. The van der Waals surface area contributed by atoms with Crippen molar-refractivity contribution in [3.05, 3.63) is 16.6 Å². The second-order valence-corrected chi connectivity index (χ2v) is 6.91. The van der Waals surface area contributed by atoms with Crippen molar-refractivity contribution in [3.63, 3.8) is 0 Å². The summed E-state index contributed by atoms with van der Waals surface area (Å²) >= 11 is 1.74. The zero-order valence-electron chi connectivity index (χ0n) is 11.0. The Morgan fingerprint density at radius 1 is 1.47 bits per heavy atom. The summed E-state index contributed by atoms with van der Waals surface area (Å²) in [5, 5.41) is 0. The van der Waals surface area contributed by atoms with Gasteiger partial charge in [-0.2, -0.15) is 0 Å². The quantitative estimate of drug-likeness (QED) is 0.834. The van der Waals surface area contributed by atoms with Crippen molar-refractivity contribution in [2.75, 3.05) is 0 Å². The second kappa shape index (κ2) is 5.49. The maximum absolute atomic E-state index is 6.59. The van der Waals surface area contributed by atoms with Crippen molar-refractivity contribution in [3.8, 4) is 0 Å². The molecule has 0 aliphatic heterocycles. The van der Waals surface area contributed by atoms with Gasteiger partial charge in [0, 0.05) is 23.0 Å². The molecule has 0 aromatic carbocycles. The predicted molar refractivity (Wildman–Crippen MR) is 74.1 cm³/mol. The summed E-state index contributed by atoms with van der Waals surface area (Å²) < 4.78 is 0. The highest BCUT2D eigenvalue weighted by atomic mass is 32.1. The summed E-state index contributed by atoms with van der Waals surface area (Å²) in [6.07, 6.45) is 9.29. The molecule has 96 valence electrons. The summed E-state index contributed by atoms with van der Waals surface area (Å²) in [7, 11) is 0. The van der Waals surface area contributed by atoms with Crippen LogP contribution in [0, 0.1) is 11.8 Å². The van der Waals surface area contributed by atoms with Gasteiger partial charge >= 0.3 is 0 Å². The molecule has 2 atom stereocenters. The van der Waals surface area contributed by atoms with Gasteiger partial charge in [0.05, 0.1) is 5.51 Å². The van der Waals surface area contributed by atoms with Gasteiger partial charge in [0.2, 0.25) is 0 Å². The average Bonchev–Trinajstić information content (AvgIpc) is 2.67. The van der Waals surface area contributed by atoms with E-state index in [1.807, 2.05) is 11.7 Å². The predicted octanol–water partition coefficient (Wildman–Crippen LogP) is 3.62. The third kappa shape index (κ3) is 3.52. The molecule has 1 heterocycles. The Bertz CT molecular complexity index is 334. The van der Waals surface area contributed by atoms with E-state index in [1.54, 1.807) is 11.3 Å². The summed E-state index contributed by atoms with van der Waals surface area (Å²) in [5.41, 5.74) is 8.52. The van der Waals surface area contributed by atoms with Gasteiger partial charge in [0.15, 0.2) is 0 Å². The molecule has 2 N–H and O–H groups in total. The first-order valence-corrected chi connectivity index (χ1v) is 7.63. The Labute approximate surface area is 109 Å². The first-order valence-electron chi connectivity index (χ1n) is 6.75. The molecule has 3 heteroatoms. The molecule has 1 aliphatic carbocycles. The summed E-state index contributed by atoms with van der Waals surface area (Å²) in [6.45, 7) is 4.69. The number of nitrogens with zero attached hydrogens (tertiary/aromatic N) is 1. The fourth-order valence-corrected chi connectivity index (χ4v) is 3.73. The van der Waals surface area contributed by atoms with Gasteiger partial charge in [-0.15, -0.1) is 11.3 Å². The Hall–Kier alpha value is -0.410. The van der Waals surface area contributed by atoms with Crippen LogP contribution in [0.4, 0.5) is 0 Å². The van der Waals surface area contributed by atoms with Crippen LogP contribution in [0.15, 0.2) is 11.7 Å². The highest BCUT2D eigenvalue weighted by molar-refractivity contribution is 7.09. The highest BCUT2D eigenvalue weighted by Crippen LogP contribution is 2.34. The van der Waals surface area contributed by atoms with Crippen LogP contribution in [0.5, 0.6) is 0 Å². The Morgan fingerprint density at radius 2 is 2.29 bits per heavy atom. The van der Waals surface area contributed by atoms with E-state index >= 15 is 0 Å². The molecule has 2 unspecified atom stereocenters. The smallest absolute Gasteiger partial charge is 0.0794 e. The molecule has 17 heavy (non-hydrogen) atoms. The molecule has 1 saturated carbocycles. The van der Waals surface area contributed by atoms with Crippen molar-refractivity contribution in [1.29, 1.82) is 0 Å². The van der Waals surface area contributed by atoms with Crippen LogP contribution >= 0.6 is 11.3 Å². The minimum Gasteiger partial charge on any atom is -0.325 e. The van der Waals surface area contributed by atoms with Crippen LogP contribution in [0.1, 0.15) is 50.8 Å². The largest absolute Gasteiger partial charge is 0.325 e. The molecule has 0 bridgehead atoms. The van der Waals surface area contributed by atoms with E-state index in [4.69, 9.17) is 5.73 Å². The topological polar surface area (TPSA) is 38.9 Å². The molecule has 0 saturated heterocycles. The van der Waals surface area contributed by atoms with E-state index in [0.29, 0.717) is 0 Å². The third-order valence-electron chi connectivity index (χ3n) is 4.22. The van der Waals surface area contributed by atoms with Gasteiger partial charge in [0.1, 0.15) is 0 Å². The number of aromatic nitrogens is 1. The van der Waals surface area contributed by atoms with Crippen molar-refractivity contribution in [1.82, 2.24) is 4.98 Å². The van der Waals surface area contributed by atoms with E-state index in [0.717, 1.165) is 18.3 Å². The third-order valence-corrected chi connectivity index (χ3v) is 4.99. The number of nitrogens with two attached hydrogens (primary N) is 1. The normalized spacial score (nSPS) is 30.5. The fourth-order valence-electron chi connectivity index (χ4n) is 2.98. The lowest BCUT2D eigenvalue weighted by molar-refractivity contribution is 0.322. The van der Waals surface area contributed by atoms with Crippen molar-refractivity contribution in [2.24, 2.45) is 17.6 Å². The van der Waals surface area contributed by atoms with E-state index in [-0.39, 0.29) is 5.54 Å². The summed E-state index contributed by atoms with van der Waals surface area (Å²) in [4.78, 5) is 5.49. The molecule has 1 aromatic heterocycles. The van der Waals surface area contributed by atoms with Gasteiger partial charge in [-0.1, -0.05) is 26.7 Å². The van der Waals surface area contributed by atoms with Gasteiger partial charge in [-0.05, 0) is 31.1 Å². The monoisotopic (exact) mass is 252 g/mol. The lowest BCUT2D eigenvalue weighted by Gasteiger charge is -2.27. The molecule has 1 aromatic rings. The molecular weight excluding hydrogens is 228 g/mol. The zero-order chi connectivity index (χ0) is 12.3. The minimum absolute atomic E-state index is 0.0240. The second-order valence-electron chi connectivity index (χ2n) is 5.94. The molecular formula is C14H24N2S. The lowest BCUT2D eigenvalue weighted by atomic mass is 9.85. The first kappa shape index (κ1) is 13.0. The van der Waals surface area contributed by atoms with Gasteiger partial charge < -0.3 is 5.73 Å². The van der Waals surface area contributed by atoms with E-state index in [2.05, 4.69) is 18.8 Å².